The van der Waals surface area contributed by atoms with Crippen molar-refractivity contribution in [1.29, 1.82) is 0 Å². The molecule has 1 aromatic carbocycles. The van der Waals surface area contributed by atoms with Gasteiger partial charge in [0.05, 0.1) is 31.5 Å². The Morgan fingerprint density at radius 1 is 1.20 bits per heavy atom. The largest absolute Gasteiger partial charge is 0.493 e. The van der Waals surface area contributed by atoms with E-state index in [1.54, 1.807) is 14.2 Å². The number of carbonyl (C=O) groups excluding carboxylic acids is 2. The second-order valence-electron chi connectivity index (χ2n) is 8.75. The van der Waals surface area contributed by atoms with Crippen molar-refractivity contribution in [2.45, 2.75) is 39.2 Å². The van der Waals surface area contributed by atoms with Gasteiger partial charge in [-0.05, 0) is 47.6 Å². The van der Waals surface area contributed by atoms with Gasteiger partial charge in [0.2, 0.25) is 0 Å². The van der Waals surface area contributed by atoms with Crippen LogP contribution in [-0.2, 0) is 11.2 Å². The van der Waals surface area contributed by atoms with Crippen molar-refractivity contribution in [3.8, 4) is 11.5 Å². The molecule has 2 amide bonds. The second-order valence-corrected chi connectivity index (χ2v) is 8.75. The minimum atomic E-state index is -0.709. The number of carbonyl (C=O) groups is 2. The number of fused-ring (bicyclic) bond motifs is 4. The monoisotopic (exact) mass is 412 g/mol. The summed E-state index contributed by atoms with van der Waals surface area (Å²) in [6.45, 7) is 5.02. The summed E-state index contributed by atoms with van der Waals surface area (Å²) in [5, 5.41) is 0. The third kappa shape index (κ3) is 3.36. The molecular weight excluding hydrogens is 384 g/mol. The molecule has 30 heavy (non-hydrogen) atoms. The lowest BCUT2D eigenvalue weighted by Crippen LogP contribution is -2.47. The maximum absolute atomic E-state index is 13.1. The molecule has 0 radical (unpaired) electrons. The number of nitrogens with one attached hydrogen (secondary N) is 2. The van der Waals surface area contributed by atoms with E-state index in [1.807, 2.05) is 18.2 Å². The Morgan fingerprint density at radius 3 is 2.57 bits per heavy atom. The van der Waals surface area contributed by atoms with Crippen LogP contribution in [0, 0.1) is 5.41 Å². The molecule has 0 fully saturated rings. The molecule has 0 unspecified atom stereocenters. The number of urea groups is 1. The highest BCUT2D eigenvalue weighted by atomic mass is 16.5. The van der Waals surface area contributed by atoms with E-state index in [2.05, 4.69) is 29.6 Å². The molecule has 2 aliphatic heterocycles. The van der Waals surface area contributed by atoms with Crippen LogP contribution in [0.1, 0.15) is 43.9 Å². The predicted octanol–water partition coefficient (Wildman–Crippen LogP) is 2.32. The lowest BCUT2D eigenvalue weighted by Gasteiger charge is -2.47. The van der Waals surface area contributed by atoms with E-state index in [1.165, 1.54) is 5.56 Å². The first-order chi connectivity index (χ1) is 14.2. The van der Waals surface area contributed by atoms with Crippen LogP contribution in [0.2, 0.25) is 0 Å². The average Bonchev–Trinajstić information content (AvgIpc) is 2.69. The maximum atomic E-state index is 13.1. The number of rotatable bonds is 4. The van der Waals surface area contributed by atoms with Gasteiger partial charge in [-0.1, -0.05) is 13.8 Å². The van der Waals surface area contributed by atoms with Crippen LogP contribution in [-0.4, -0.2) is 37.5 Å². The fraction of sp³-hybridized carbons (Fsp3) is 0.455. The fourth-order valence-electron chi connectivity index (χ4n) is 4.77. The number of nitrogens with two attached hydrogens (primary N) is 1. The number of hydrogen-bond donors (Lipinski definition) is 3. The second kappa shape index (κ2) is 7.27. The molecule has 0 bridgehead atoms. The van der Waals surface area contributed by atoms with Crippen molar-refractivity contribution in [3.63, 3.8) is 0 Å². The lowest BCUT2D eigenvalue weighted by molar-refractivity contribution is -0.118. The molecule has 4 rings (SSSR count). The Hall–Kier alpha value is -3.16. The molecule has 1 atom stereocenters. The molecule has 0 saturated carbocycles. The summed E-state index contributed by atoms with van der Waals surface area (Å²) in [5.74, 6) is 1.44. The van der Waals surface area contributed by atoms with Gasteiger partial charge in [-0.15, -0.1) is 0 Å². The highest BCUT2D eigenvalue weighted by Crippen LogP contribution is 2.48. The Kier molecular flexibility index (Phi) is 4.88. The van der Waals surface area contributed by atoms with Crippen molar-refractivity contribution in [3.05, 3.63) is 46.3 Å². The number of primary amides is 1. The third-order valence-corrected chi connectivity index (χ3v) is 6.04. The van der Waals surface area contributed by atoms with E-state index in [9.17, 15) is 9.59 Å². The molecule has 8 nitrogen and oxygen atoms in total. The predicted molar refractivity (Wildman–Crippen MR) is 112 cm³/mol. The van der Waals surface area contributed by atoms with Crippen molar-refractivity contribution in [2.75, 3.05) is 20.8 Å². The van der Waals surface area contributed by atoms with E-state index in [-0.39, 0.29) is 17.2 Å². The number of hydrogen-bond acceptors (Lipinski definition) is 6. The molecule has 3 aliphatic rings. The van der Waals surface area contributed by atoms with Crippen LogP contribution in [0.15, 0.2) is 35.2 Å². The van der Waals surface area contributed by atoms with Crippen LogP contribution in [0.25, 0.3) is 0 Å². The Bertz CT molecular complexity index is 980. The first kappa shape index (κ1) is 20.1. The number of benzene rings is 1. The minimum absolute atomic E-state index is 0.0721. The van der Waals surface area contributed by atoms with E-state index >= 15 is 0 Å². The van der Waals surface area contributed by atoms with Crippen molar-refractivity contribution >= 4 is 11.8 Å². The normalized spacial score (nSPS) is 21.7. The first-order valence-corrected chi connectivity index (χ1v) is 10.1. The number of amides is 2. The Labute approximate surface area is 176 Å². The summed E-state index contributed by atoms with van der Waals surface area (Å²) >= 11 is 0. The van der Waals surface area contributed by atoms with Crippen LogP contribution in [0.5, 0.6) is 11.5 Å². The first-order valence-electron chi connectivity index (χ1n) is 10.1. The zero-order valence-electron chi connectivity index (χ0n) is 17.8. The SMILES string of the molecule is COc1cc2c(cc1OC)[C@H]1C=C(NNC(N)=O)C3=C(CC(C)(C)CC3=O)N1CC2. The molecule has 0 spiro atoms. The molecule has 0 aromatic heterocycles. The van der Waals surface area contributed by atoms with Crippen molar-refractivity contribution in [2.24, 2.45) is 11.1 Å². The average molecular weight is 412 g/mol. The van der Waals surface area contributed by atoms with Crippen LogP contribution in [0.3, 0.4) is 0 Å². The molecule has 2 heterocycles. The van der Waals surface area contributed by atoms with Gasteiger partial charge in [0, 0.05) is 18.7 Å². The van der Waals surface area contributed by atoms with Gasteiger partial charge < -0.3 is 20.1 Å². The van der Waals surface area contributed by atoms with Gasteiger partial charge in [0.1, 0.15) is 0 Å². The molecule has 4 N–H and O–H groups in total. The van der Waals surface area contributed by atoms with Crippen molar-refractivity contribution in [1.82, 2.24) is 15.8 Å². The summed E-state index contributed by atoms with van der Waals surface area (Å²) in [7, 11) is 3.25. The quantitative estimate of drug-likeness (QED) is 0.656. The summed E-state index contributed by atoms with van der Waals surface area (Å²) in [4.78, 5) is 26.7. The molecule has 8 heteroatoms. The number of methoxy groups -OCH3 is 2. The van der Waals surface area contributed by atoms with Gasteiger partial charge >= 0.3 is 6.03 Å². The zero-order valence-corrected chi connectivity index (χ0v) is 17.8. The number of hydrazine groups is 1. The number of allylic oxidation sites excluding steroid dienone is 2. The van der Waals surface area contributed by atoms with Gasteiger partial charge in [0.25, 0.3) is 0 Å². The molecule has 1 aliphatic carbocycles. The highest BCUT2D eigenvalue weighted by molar-refractivity contribution is 6.01. The van der Waals surface area contributed by atoms with Crippen molar-refractivity contribution < 1.29 is 19.1 Å². The maximum Gasteiger partial charge on any atom is 0.330 e. The van der Waals surface area contributed by atoms with E-state index in [4.69, 9.17) is 15.2 Å². The van der Waals surface area contributed by atoms with E-state index < -0.39 is 6.03 Å². The van der Waals surface area contributed by atoms with Gasteiger partial charge in [-0.25, -0.2) is 4.79 Å². The van der Waals surface area contributed by atoms with E-state index in [0.717, 1.165) is 30.6 Å². The molecular formula is C22H28N4O4. The standard InChI is InChI=1S/C22H28N4O4/c1-22(2)10-16-20(17(27)11-22)14(24-25-21(23)28)9-15-13-8-19(30-4)18(29-3)7-12(13)5-6-26(15)16/h7-9,15,24H,5-6,10-11H2,1-4H3,(H3,23,25,28)/t15-/m1/s1. The number of ketones is 1. The summed E-state index contributed by atoms with van der Waals surface area (Å²) in [5.41, 5.74) is 14.9. The molecule has 1 aromatic rings. The van der Waals surface area contributed by atoms with Gasteiger partial charge in [-0.3, -0.25) is 15.6 Å². The number of ether oxygens (including phenoxy) is 2. The smallest absolute Gasteiger partial charge is 0.330 e. The molecule has 0 saturated heterocycles. The Balaban J connectivity index is 1.83. The van der Waals surface area contributed by atoms with Crippen LogP contribution in [0.4, 0.5) is 4.79 Å². The molecule has 160 valence electrons. The van der Waals surface area contributed by atoms with Crippen LogP contribution < -0.4 is 26.1 Å². The highest BCUT2D eigenvalue weighted by Gasteiger charge is 2.42. The van der Waals surface area contributed by atoms with Gasteiger partial charge in [-0.2, -0.15) is 0 Å². The fourth-order valence-corrected chi connectivity index (χ4v) is 4.77. The summed E-state index contributed by atoms with van der Waals surface area (Å²) in [6.07, 6.45) is 4.06. The lowest BCUT2D eigenvalue weighted by atomic mass is 9.72. The minimum Gasteiger partial charge on any atom is -0.493 e. The third-order valence-electron chi connectivity index (χ3n) is 6.04. The number of Topliss-reactive ketones (excluding diaryl/α,β-unsaturated/α-hetero) is 1. The number of nitrogens with zero attached hydrogens (tertiary/aromatic N) is 1. The van der Waals surface area contributed by atoms with Crippen LogP contribution >= 0.6 is 0 Å². The summed E-state index contributed by atoms with van der Waals surface area (Å²) in [6, 6.07) is 3.22. The van der Waals surface area contributed by atoms with Gasteiger partial charge in [0.15, 0.2) is 17.3 Å². The zero-order chi connectivity index (χ0) is 21.6. The summed E-state index contributed by atoms with van der Waals surface area (Å²) < 4.78 is 11.0. The topological polar surface area (TPSA) is 106 Å². The Morgan fingerprint density at radius 2 is 1.90 bits per heavy atom. The van der Waals surface area contributed by atoms with E-state index in [0.29, 0.717) is 29.2 Å².